The minimum atomic E-state index is -3.66. The Morgan fingerprint density at radius 3 is 2.41 bits per heavy atom. The van der Waals surface area contributed by atoms with Crippen LogP contribution in [0, 0.1) is 13.8 Å². The number of hydrogen-bond donors (Lipinski definition) is 2. The van der Waals surface area contributed by atoms with Crippen LogP contribution in [0.5, 0.6) is 11.5 Å². The normalized spacial score (nSPS) is 11.1. The third-order valence-corrected chi connectivity index (χ3v) is 5.90. The van der Waals surface area contributed by atoms with Crippen LogP contribution in [0.15, 0.2) is 35.2 Å². The number of aryl methyl sites for hydroxylation is 1. The summed E-state index contributed by atoms with van der Waals surface area (Å²) in [5, 5.41) is 2.79. The molecule has 0 atom stereocenters. The van der Waals surface area contributed by atoms with Gasteiger partial charge in [-0.1, -0.05) is 12.1 Å². The number of ether oxygens (including phenoxy) is 2. The minimum Gasteiger partial charge on any atom is -0.493 e. The van der Waals surface area contributed by atoms with Crippen molar-refractivity contribution in [3.8, 4) is 11.5 Å². The second-order valence-corrected chi connectivity index (χ2v) is 7.81. The fourth-order valence-corrected chi connectivity index (χ4v) is 3.78. The van der Waals surface area contributed by atoms with E-state index in [0.717, 1.165) is 11.1 Å². The van der Waals surface area contributed by atoms with Crippen LogP contribution >= 0.6 is 0 Å². The molecule has 0 heterocycles. The third-order valence-electron chi connectivity index (χ3n) is 4.36. The Balaban J connectivity index is 2.30. The lowest BCUT2D eigenvalue weighted by Crippen LogP contribution is -2.25. The molecule has 2 N–H and O–H groups in total. The number of carbonyl (C=O) groups is 1. The monoisotopic (exact) mass is 392 g/mol. The maximum absolute atomic E-state index is 12.6. The standard InChI is InChI=1S/C19H24N2O5S/c1-12-9-15(10-17(13(12)2)27(23,24)20-3)19(22)21-11-14-7-6-8-16(25-4)18(14)26-5/h6-10,20H,11H2,1-5H3,(H,21,22). The molecule has 1 amide bonds. The summed E-state index contributed by atoms with van der Waals surface area (Å²) >= 11 is 0. The van der Waals surface area contributed by atoms with E-state index in [1.54, 1.807) is 39.2 Å². The van der Waals surface area contributed by atoms with Gasteiger partial charge in [-0.05, 0) is 50.2 Å². The average Bonchev–Trinajstić information content (AvgIpc) is 2.67. The Labute approximate surface area is 159 Å². The molecule has 0 unspecified atom stereocenters. The van der Waals surface area contributed by atoms with Crippen LogP contribution in [0.3, 0.4) is 0 Å². The number of nitrogens with one attached hydrogen (secondary N) is 2. The number of benzene rings is 2. The molecule has 0 aliphatic rings. The van der Waals surface area contributed by atoms with Gasteiger partial charge < -0.3 is 14.8 Å². The first-order valence-corrected chi connectivity index (χ1v) is 9.76. The second kappa shape index (κ2) is 8.41. The summed E-state index contributed by atoms with van der Waals surface area (Å²) in [6.07, 6.45) is 0. The van der Waals surface area contributed by atoms with E-state index in [2.05, 4.69) is 10.0 Å². The number of para-hydroxylation sites is 1. The number of rotatable bonds is 7. The van der Waals surface area contributed by atoms with E-state index < -0.39 is 10.0 Å². The average molecular weight is 392 g/mol. The van der Waals surface area contributed by atoms with Gasteiger partial charge in [0.25, 0.3) is 5.91 Å². The van der Waals surface area contributed by atoms with E-state index in [0.29, 0.717) is 17.1 Å². The molecule has 7 nitrogen and oxygen atoms in total. The summed E-state index contributed by atoms with van der Waals surface area (Å²) in [6.45, 7) is 3.69. The van der Waals surface area contributed by atoms with Gasteiger partial charge in [-0.15, -0.1) is 0 Å². The molecule has 0 saturated heterocycles. The highest BCUT2D eigenvalue weighted by atomic mass is 32.2. The second-order valence-electron chi connectivity index (χ2n) is 5.96. The predicted molar refractivity (Wildman–Crippen MR) is 103 cm³/mol. The molecular formula is C19H24N2O5S. The molecule has 0 aliphatic heterocycles. The molecule has 0 aliphatic carbocycles. The van der Waals surface area contributed by atoms with Gasteiger partial charge in [-0.3, -0.25) is 4.79 Å². The molecule has 27 heavy (non-hydrogen) atoms. The number of sulfonamides is 1. The lowest BCUT2D eigenvalue weighted by Gasteiger charge is -2.14. The first-order chi connectivity index (χ1) is 12.7. The summed E-state index contributed by atoms with van der Waals surface area (Å²) in [4.78, 5) is 12.7. The number of amides is 1. The molecule has 0 aromatic heterocycles. The van der Waals surface area contributed by atoms with E-state index in [1.807, 2.05) is 6.07 Å². The summed E-state index contributed by atoms with van der Waals surface area (Å²) in [5.74, 6) is 0.729. The number of methoxy groups -OCH3 is 2. The van der Waals surface area contributed by atoms with Crippen molar-refractivity contribution < 1.29 is 22.7 Å². The summed E-state index contributed by atoms with van der Waals surface area (Å²) in [7, 11) is 0.748. The Morgan fingerprint density at radius 2 is 1.81 bits per heavy atom. The Kier molecular flexibility index (Phi) is 6.45. The van der Waals surface area contributed by atoms with Crippen LogP contribution in [-0.2, 0) is 16.6 Å². The predicted octanol–water partition coefficient (Wildman–Crippen LogP) is 2.16. The van der Waals surface area contributed by atoms with E-state index in [9.17, 15) is 13.2 Å². The van der Waals surface area contributed by atoms with Crippen LogP contribution in [0.1, 0.15) is 27.0 Å². The number of hydrogen-bond acceptors (Lipinski definition) is 5. The Hall–Kier alpha value is -2.58. The lowest BCUT2D eigenvalue weighted by molar-refractivity contribution is 0.0950. The van der Waals surface area contributed by atoms with Crippen molar-refractivity contribution >= 4 is 15.9 Å². The van der Waals surface area contributed by atoms with Gasteiger partial charge in [0, 0.05) is 17.7 Å². The number of carbonyl (C=O) groups excluding carboxylic acids is 1. The van der Waals surface area contributed by atoms with Gasteiger partial charge in [0.15, 0.2) is 11.5 Å². The van der Waals surface area contributed by atoms with Crippen molar-refractivity contribution in [2.24, 2.45) is 0 Å². The highest BCUT2D eigenvalue weighted by Gasteiger charge is 2.19. The van der Waals surface area contributed by atoms with E-state index in [4.69, 9.17) is 9.47 Å². The van der Waals surface area contributed by atoms with Gasteiger partial charge in [-0.25, -0.2) is 13.1 Å². The van der Waals surface area contributed by atoms with Crippen molar-refractivity contribution in [3.05, 3.63) is 52.6 Å². The molecule has 2 aromatic rings. The maximum atomic E-state index is 12.6. The van der Waals surface area contributed by atoms with E-state index >= 15 is 0 Å². The van der Waals surface area contributed by atoms with Crippen LogP contribution in [0.4, 0.5) is 0 Å². The lowest BCUT2D eigenvalue weighted by atomic mass is 10.1. The minimum absolute atomic E-state index is 0.0918. The zero-order valence-corrected chi connectivity index (χ0v) is 16.9. The largest absolute Gasteiger partial charge is 0.493 e. The highest BCUT2D eigenvalue weighted by molar-refractivity contribution is 7.89. The molecule has 0 radical (unpaired) electrons. The summed E-state index contributed by atoms with van der Waals surface area (Å²) < 4.78 is 37.3. The van der Waals surface area contributed by atoms with Gasteiger partial charge >= 0.3 is 0 Å². The van der Waals surface area contributed by atoms with Crippen molar-refractivity contribution in [1.82, 2.24) is 10.0 Å². The van der Waals surface area contributed by atoms with E-state index in [1.165, 1.54) is 20.2 Å². The fourth-order valence-electron chi connectivity index (χ4n) is 2.72. The van der Waals surface area contributed by atoms with Crippen molar-refractivity contribution in [2.75, 3.05) is 21.3 Å². The Morgan fingerprint density at radius 1 is 1.11 bits per heavy atom. The SMILES string of the molecule is CNS(=O)(=O)c1cc(C(=O)NCc2cccc(OC)c2OC)cc(C)c1C. The molecular weight excluding hydrogens is 368 g/mol. The molecule has 0 saturated carbocycles. The first kappa shape index (κ1) is 20.7. The molecule has 2 rings (SSSR count). The van der Waals surface area contributed by atoms with Gasteiger partial charge in [0.1, 0.15) is 0 Å². The summed E-state index contributed by atoms with van der Waals surface area (Å²) in [5.41, 5.74) is 2.34. The van der Waals surface area contributed by atoms with Crippen LogP contribution in [0.2, 0.25) is 0 Å². The zero-order chi connectivity index (χ0) is 20.2. The van der Waals surface area contributed by atoms with Crippen molar-refractivity contribution in [3.63, 3.8) is 0 Å². The first-order valence-electron chi connectivity index (χ1n) is 8.28. The fraction of sp³-hybridized carbons (Fsp3) is 0.316. The molecule has 0 bridgehead atoms. The van der Waals surface area contributed by atoms with Gasteiger partial charge in [0.05, 0.1) is 19.1 Å². The van der Waals surface area contributed by atoms with Crippen LogP contribution in [-0.4, -0.2) is 35.6 Å². The van der Waals surface area contributed by atoms with Gasteiger partial charge in [-0.2, -0.15) is 0 Å². The highest BCUT2D eigenvalue weighted by Crippen LogP contribution is 2.30. The molecule has 8 heteroatoms. The molecule has 146 valence electrons. The quantitative estimate of drug-likeness (QED) is 0.753. The van der Waals surface area contributed by atoms with Gasteiger partial charge in [0.2, 0.25) is 10.0 Å². The third kappa shape index (κ3) is 4.40. The maximum Gasteiger partial charge on any atom is 0.251 e. The van der Waals surface area contributed by atoms with Crippen molar-refractivity contribution in [2.45, 2.75) is 25.3 Å². The van der Waals surface area contributed by atoms with Crippen molar-refractivity contribution in [1.29, 1.82) is 0 Å². The molecule has 0 spiro atoms. The molecule has 0 fully saturated rings. The van der Waals surface area contributed by atoms with Crippen LogP contribution < -0.4 is 19.5 Å². The molecule has 2 aromatic carbocycles. The smallest absolute Gasteiger partial charge is 0.251 e. The van der Waals surface area contributed by atoms with E-state index in [-0.39, 0.29) is 22.9 Å². The topological polar surface area (TPSA) is 93.7 Å². The zero-order valence-electron chi connectivity index (χ0n) is 16.0. The van der Waals surface area contributed by atoms with Crippen LogP contribution in [0.25, 0.3) is 0 Å². The summed E-state index contributed by atoms with van der Waals surface area (Å²) in [6, 6.07) is 8.44. The Bertz CT molecular complexity index is 955.